The van der Waals surface area contributed by atoms with E-state index in [9.17, 15) is 14.9 Å². The molecule has 0 spiro atoms. The lowest BCUT2D eigenvalue weighted by molar-refractivity contribution is -0.383. The topological polar surface area (TPSA) is 72.2 Å². The van der Waals surface area contributed by atoms with Crippen molar-refractivity contribution in [2.75, 3.05) is 5.32 Å². The third-order valence-corrected chi connectivity index (χ3v) is 2.54. The van der Waals surface area contributed by atoms with Gasteiger partial charge in [0.2, 0.25) is 5.91 Å². The average molecular weight is 322 g/mol. The Morgan fingerprint density at radius 2 is 2.12 bits per heavy atom. The van der Waals surface area contributed by atoms with Gasteiger partial charge in [-0.1, -0.05) is 27.5 Å². The second-order valence-corrected chi connectivity index (χ2v) is 6.26. The third-order valence-electron chi connectivity index (χ3n) is 1.94. The van der Waals surface area contributed by atoms with Crippen molar-refractivity contribution in [3.8, 4) is 0 Å². The molecule has 0 saturated heterocycles. The summed E-state index contributed by atoms with van der Waals surface area (Å²) < 4.78 is -0.805. The molecule has 0 atom stereocenters. The van der Waals surface area contributed by atoms with Crippen LogP contribution in [0.25, 0.3) is 0 Å². The van der Waals surface area contributed by atoms with Crippen LogP contribution in [0.3, 0.4) is 0 Å². The first-order valence-electron chi connectivity index (χ1n) is 4.66. The van der Waals surface area contributed by atoms with Crippen LogP contribution < -0.4 is 5.32 Å². The van der Waals surface area contributed by atoms with E-state index in [0.29, 0.717) is 0 Å². The zero-order valence-electron chi connectivity index (χ0n) is 9.16. The van der Waals surface area contributed by atoms with E-state index in [4.69, 9.17) is 11.6 Å². The standard InChI is InChI=1S/C10H10BrClN2O3/c1-10(2,11)9(15)13-7-4-3-6(12)5-8(7)14(16)17/h3-5H,1-2H3,(H,13,15). The minimum Gasteiger partial charge on any atom is -0.319 e. The molecule has 1 aromatic rings. The van der Waals surface area contributed by atoms with Crippen LogP contribution in [-0.2, 0) is 4.79 Å². The highest BCUT2D eigenvalue weighted by Gasteiger charge is 2.26. The van der Waals surface area contributed by atoms with Gasteiger partial charge in [0.1, 0.15) is 5.69 Å². The van der Waals surface area contributed by atoms with Gasteiger partial charge in [-0.05, 0) is 26.0 Å². The van der Waals surface area contributed by atoms with Gasteiger partial charge >= 0.3 is 0 Å². The molecule has 1 aromatic carbocycles. The first kappa shape index (κ1) is 13.9. The number of hydrogen-bond acceptors (Lipinski definition) is 3. The molecular weight excluding hydrogens is 311 g/mol. The van der Waals surface area contributed by atoms with E-state index in [-0.39, 0.29) is 22.3 Å². The number of nitro groups is 1. The van der Waals surface area contributed by atoms with E-state index in [1.165, 1.54) is 18.2 Å². The lowest BCUT2D eigenvalue weighted by Gasteiger charge is -2.15. The van der Waals surface area contributed by atoms with Crippen molar-refractivity contribution in [3.63, 3.8) is 0 Å². The van der Waals surface area contributed by atoms with Crippen LogP contribution in [-0.4, -0.2) is 15.2 Å². The van der Waals surface area contributed by atoms with Gasteiger partial charge in [-0.3, -0.25) is 14.9 Å². The molecule has 1 N–H and O–H groups in total. The second-order valence-electron chi connectivity index (χ2n) is 3.85. The van der Waals surface area contributed by atoms with Crippen molar-refractivity contribution in [2.24, 2.45) is 0 Å². The lowest BCUT2D eigenvalue weighted by atomic mass is 10.2. The number of nitro benzene ring substituents is 1. The van der Waals surface area contributed by atoms with E-state index in [1.54, 1.807) is 13.8 Å². The summed E-state index contributed by atoms with van der Waals surface area (Å²) in [5.41, 5.74) is -0.112. The Morgan fingerprint density at radius 1 is 1.53 bits per heavy atom. The van der Waals surface area contributed by atoms with Crippen molar-refractivity contribution in [1.29, 1.82) is 0 Å². The SMILES string of the molecule is CC(C)(Br)C(=O)Nc1ccc(Cl)cc1[N+](=O)[O-]. The Kier molecular flexibility index (Phi) is 4.11. The van der Waals surface area contributed by atoms with E-state index in [2.05, 4.69) is 21.2 Å². The maximum absolute atomic E-state index is 11.7. The van der Waals surface area contributed by atoms with Gasteiger partial charge in [-0.15, -0.1) is 0 Å². The third kappa shape index (κ3) is 3.67. The Hall–Kier alpha value is -1.14. The van der Waals surface area contributed by atoms with Crippen LogP contribution in [0.4, 0.5) is 11.4 Å². The van der Waals surface area contributed by atoms with Gasteiger partial charge < -0.3 is 5.32 Å². The van der Waals surface area contributed by atoms with Crippen molar-refractivity contribution >= 4 is 44.8 Å². The number of carbonyl (C=O) groups excluding carboxylic acids is 1. The minimum atomic E-state index is -0.805. The van der Waals surface area contributed by atoms with Crippen LogP contribution in [0.1, 0.15) is 13.8 Å². The highest BCUT2D eigenvalue weighted by atomic mass is 79.9. The van der Waals surface area contributed by atoms with E-state index >= 15 is 0 Å². The molecule has 0 saturated carbocycles. The Bertz CT molecular complexity index is 471. The summed E-state index contributed by atoms with van der Waals surface area (Å²) in [4.78, 5) is 21.9. The first-order chi connectivity index (χ1) is 7.71. The second kappa shape index (κ2) is 5.01. The number of nitrogens with zero attached hydrogens (tertiary/aromatic N) is 1. The summed E-state index contributed by atoms with van der Waals surface area (Å²) in [6, 6.07) is 4.07. The molecule has 92 valence electrons. The van der Waals surface area contributed by atoms with Crippen LogP contribution in [0.5, 0.6) is 0 Å². The highest BCUT2D eigenvalue weighted by molar-refractivity contribution is 9.10. The average Bonchev–Trinajstić information content (AvgIpc) is 2.18. The molecule has 0 aromatic heterocycles. The van der Waals surface area contributed by atoms with Crippen molar-refractivity contribution in [2.45, 2.75) is 18.2 Å². The maximum atomic E-state index is 11.7. The van der Waals surface area contributed by atoms with E-state index < -0.39 is 9.25 Å². The number of carbonyl (C=O) groups is 1. The highest BCUT2D eigenvalue weighted by Crippen LogP contribution is 2.29. The van der Waals surface area contributed by atoms with Crippen LogP contribution in [0.15, 0.2) is 18.2 Å². The summed E-state index contributed by atoms with van der Waals surface area (Å²) in [6.07, 6.45) is 0. The van der Waals surface area contributed by atoms with Crippen LogP contribution in [0.2, 0.25) is 5.02 Å². The number of nitrogens with one attached hydrogen (secondary N) is 1. The lowest BCUT2D eigenvalue weighted by Crippen LogP contribution is -2.31. The molecule has 0 bridgehead atoms. The Morgan fingerprint density at radius 3 is 2.59 bits per heavy atom. The number of halogens is 2. The fourth-order valence-electron chi connectivity index (χ4n) is 1.03. The number of anilines is 1. The molecule has 17 heavy (non-hydrogen) atoms. The molecule has 5 nitrogen and oxygen atoms in total. The molecule has 1 amide bonds. The predicted molar refractivity (Wildman–Crippen MR) is 69.7 cm³/mol. The smallest absolute Gasteiger partial charge is 0.294 e. The monoisotopic (exact) mass is 320 g/mol. The number of rotatable bonds is 3. The number of amides is 1. The molecule has 0 aliphatic carbocycles. The Balaban J connectivity index is 3.07. The van der Waals surface area contributed by atoms with Gasteiger partial charge in [0, 0.05) is 11.1 Å². The zero-order chi connectivity index (χ0) is 13.2. The van der Waals surface area contributed by atoms with Crippen molar-refractivity contribution in [3.05, 3.63) is 33.3 Å². The van der Waals surface area contributed by atoms with Crippen LogP contribution in [0, 0.1) is 10.1 Å². The van der Waals surface area contributed by atoms with Gasteiger partial charge in [0.05, 0.1) is 9.25 Å². The van der Waals surface area contributed by atoms with Gasteiger partial charge in [0.25, 0.3) is 5.69 Å². The van der Waals surface area contributed by atoms with Gasteiger partial charge in [-0.25, -0.2) is 0 Å². The van der Waals surface area contributed by atoms with Crippen LogP contribution >= 0.6 is 27.5 Å². The molecule has 0 aliphatic heterocycles. The first-order valence-corrected chi connectivity index (χ1v) is 5.83. The fraction of sp³-hybridized carbons (Fsp3) is 0.300. The quantitative estimate of drug-likeness (QED) is 0.527. The molecule has 0 unspecified atom stereocenters. The largest absolute Gasteiger partial charge is 0.319 e. The van der Waals surface area contributed by atoms with Crippen molar-refractivity contribution in [1.82, 2.24) is 0 Å². The molecule has 1 rings (SSSR count). The maximum Gasteiger partial charge on any atom is 0.294 e. The predicted octanol–water partition coefficient (Wildman–Crippen LogP) is 3.36. The molecule has 0 fully saturated rings. The Labute approximate surface area is 111 Å². The van der Waals surface area contributed by atoms with Gasteiger partial charge in [-0.2, -0.15) is 0 Å². The van der Waals surface area contributed by atoms with Gasteiger partial charge in [0.15, 0.2) is 0 Å². The number of alkyl halides is 1. The fourth-order valence-corrected chi connectivity index (χ4v) is 1.30. The normalized spacial score (nSPS) is 11.1. The summed E-state index contributed by atoms with van der Waals surface area (Å²) in [5, 5.41) is 13.5. The molecule has 0 heterocycles. The summed E-state index contributed by atoms with van der Waals surface area (Å²) in [6.45, 7) is 3.29. The molecular formula is C10H10BrClN2O3. The summed E-state index contributed by atoms with van der Waals surface area (Å²) >= 11 is 8.83. The number of benzene rings is 1. The molecule has 7 heteroatoms. The summed E-state index contributed by atoms with van der Waals surface area (Å²) in [5.74, 6) is -0.372. The molecule has 0 aliphatic rings. The summed E-state index contributed by atoms with van der Waals surface area (Å²) in [7, 11) is 0. The molecule has 0 radical (unpaired) electrons. The minimum absolute atomic E-state index is 0.122. The van der Waals surface area contributed by atoms with Crippen molar-refractivity contribution < 1.29 is 9.72 Å². The number of hydrogen-bond donors (Lipinski definition) is 1. The van der Waals surface area contributed by atoms with E-state index in [1.807, 2.05) is 0 Å². The zero-order valence-corrected chi connectivity index (χ0v) is 11.5. The van der Waals surface area contributed by atoms with E-state index in [0.717, 1.165) is 0 Å².